The molecule has 0 radical (unpaired) electrons. The van der Waals surface area contributed by atoms with Gasteiger partial charge in [0, 0.05) is 6.07 Å². The SMILES string of the molecule is CC(C(=O)NCC1COc2ccccc2O1)N(c1ccc2c(c1)OCCO2)S(C)(=O)=O. The Morgan fingerprint density at radius 2 is 1.74 bits per heavy atom. The lowest BCUT2D eigenvalue weighted by Gasteiger charge is -2.30. The zero-order chi connectivity index (χ0) is 22.0. The number of benzene rings is 2. The van der Waals surface area contributed by atoms with Crippen LogP contribution >= 0.6 is 0 Å². The number of carbonyl (C=O) groups is 1. The molecule has 2 unspecified atom stereocenters. The zero-order valence-corrected chi connectivity index (χ0v) is 18.1. The third-order valence-electron chi connectivity index (χ3n) is 4.94. The van der Waals surface area contributed by atoms with Crippen LogP contribution in [0.4, 0.5) is 5.69 Å². The van der Waals surface area contributed by atoms with Gasteiger partial charge in [-0.15, -0.1) is 0 Å². The van der Waals surface area contributed by atoms with Gasteiger partial charge in [0.2, 0.25) is 15.9 Å². The highest BCUT2D eigenvalue weighted by molar-refractivity contribution is 7.92. The first-order chi connectivity index (χ1) is 14.8. The molecule has 1 N–H and O–H groups in total. The van der Waals surface area contributed by atoms with Gasteiger partial charge in [-0.05, 0) is 31.2 Å². The molecule has 2 aromatic carbocycles. The summed E-state index contributed by atoms with van der Waals surface area (Å²) < 4.78 is 48.6. The van der Waals surface area contributed by atoms with Crippen molar-refractivity contribution in [1.29, 1.82) is 0 Å². The van der Waals surface area contributed by atoms with E-state index in [4.69, 9.17) is 18.9 Å². The lowest BCUT2D eigenvalue weighted by molar-refractivity contribution is -0.122. The monoisotopic (exact) mass is 448 g/mol. The van der Waals surface area contributed by atoms with Gasteiger partial charge >= 0.3 is 0 Å². The highest BCUT2D eigenvalue weighted by Gasteiger charge is 2.31. The van der Waals surface area contributed by atoms with Gasteiger partial charge in [-0.1, -0.05) is 12.1 Å². The summed E-state index contributed by atoms with van der Waals surface area (Å²) in [4.78, 5) is 12.8. The van der Waals surface area contributed by atoms with Crippen molar-refractivity contribution < 1.29 is 32.2 Å². The maximum Gasteiger partial charge on any atom is 0.243 e. The molecular weight excluding hydrogens is 424 g/mol. The molecule has 2 aliphatic heterocycles. The van der Waals surface area contributed by atoms with Crippen LogP contribution in [0, 0.1) is 0 Å². The van der Waals surface area contributed by atoms with Crippen molar-refractivity contribution in [2.75, 3.05) is 36.9 Å². The number of hydrogen-bond donors (Lipinski definition) is 1. The summed E-state index contributed by atoms with van der Waals surface area (Å²) in [6, 6.07) is 11.1. The van der Waals surface area contributed by atoms with E-state index in [9.17, 15) is 13.2 Å². The van der Waals surface area contributed by atoms with Crippen molar-refractivity contribution >= 4 is 21.6 Å². The van der Waals surface area contributed by atoms with Gasteiger partial charge in [-0.25, -0.2) is 8.42 Å². The summed E-state index contributed by atoms with van der Waals surface area (Å²) in [5.74, 6) is 1.78. The van der Waals surface area contributed by atoms with E-state index in [1.54, 1.807) is 24.3 Å². The normalized spacial score (nSPS) is 18.1. The number of nitrogens with zero attached hydrogens (tertiary/aromatic N) is 1. The van der Waals surface area contributed by atoms with Gasteiger partial charge in [0.1, 0.15) is 32.0 Å². The van der Waals surface area contributed by atoms with Crippen LogP contribution in [0.5, 0.6) is 23.0 Å². The maximum atomic E-state index is 12.8. The van der Waals surface area contributed by atoms with E-state index in [0.717, 1.165) is 10.6 Å². The maximum absolute atomic E-state index is 12.8. The second-order valence-electron chi connectivity index (χ2n) is 7.31. The molecule has 2 atom stereocenters. The molecule has 10 heteroatoms. The standard InChI is InChI=1S/C21H24N2O7S/c1-14(21(24)22-12-16-13-29-17-5-3-4-6-19(17)30-16)23(31(2,25)26)15-7-8-18-20(11-15)28-10-9-27-18/h3-8,11,14,16H,9-10,12-13H2,1-2H3,(H,22,24). The minimum Gasteiger partial charge on any atom is -0.486 e. The summed E-state index contributed by atoms with van der Waals surface area (Å²) in [7, 11) is -3.75. The molecule has 166 valence electrons. The molecule has 31 heavy (non-hydrogen) atoms. The molecule has 2 aromatic rings. The summed E-state index contributed by atoms with van der Waals surface area (Å²) in [6.07, 6.45) is 0.676. The molecule has 0 spiro atoms. The predicted molar refractivity (Wildman–Crippen MR) is 114 cm³/mol. The number of hydrogen-bond acceptors (Lipinski definition) is 7. The minimum absolute atomic E-state index is 0.177. The van der Waals surface area contributed by atoms with Gasteiger partial charge in [0.25, 0.3) is 0 Å². The number of amides is 1. The second-order valence-corrected chi connectivity index (χ2v) is 9.16. The average Bonchev–Trinajstić information content (AvgIpc) is 2.76. The molecule has 0 bridgehead atoms. The Balaban J connectivity index is 1.45. The molecule has 9 nitrogen and oxygen atoms in total. The van der Waals surface area contributed by atoms with Crippen LogP contribution < -0.4 is 28.6 Å². The van der Waals surface area contributed by atoms with Crippen LogP contribution in [-0.2, 0) is 14.8 Å². The van der Waals surface area contributed by atoms with Crippen molar-refractivity contribution in [3.8, 4) is 23.0 Å². The fourth-order valence-corrected chi connectivity index (χ4v) is 4.67. The topological polar surface area (TPSA) is 103 Å². The summed E-state index contributed by atoms with van der Waals surface area (Å²) in [5, 5.41) is 2.76. The van der Waals surface area contributed by atoms with Crippen molar-refractivity contribution in [1.82, 2.24) is 5.32 Å². The van der Waals surface area contributed by atoms with E-state index in [2.05, 4.69) is 5.32 Å². The van der Waals surface area contributed by atoms with Crippen molar-refractivity contribution in [2.24, 2.45) is 0 Å². The first kappa shape index (κ1) is 21.1. The van der Waals surface area contributed by atoms with E-state index >= 15 is 0 Å². The molecule has 0 aromatic heterocycles. The summed E-state index contributed by atoms with van der Waals surface area (Å²) >= 11 is 0. The number of sulfonamides is 1. The third-order valence-corrected chi connectivity index (χ3v) is 6.18. The number of rotatable bonds is 6. The molecule has 0 saturated heterocycles. The Kier molecular flexibility index (Phi) is 5.81. The summed E-state index contributed by atoms with van der Waals surface area (Å²) in [6.45, 7) is 2.79. The minimum atomic E-state index is -3.75. The first-order valence-corrected chi connectivity index (χ1v) is 11.7. The van der Waals surface area contributed by atoms with E-state index in [-0.39, 0.29) is 19.3 Å². The Labute approximate surface area is 180 Å². The first-order valence-electron chi connectivity index (χ1n) is 9.88. The molecular formula is C21H24N2O7S. The van der Waals surface area contributed by atoms with E-state index in [1.807, 2.05) is 18.2 Å². The fourth-order valence-electron chi connectivity index (χ4n) is 3.50. The highest BCUT2D eigenvalue weighted by Crippen LogP contribution is 2.35. The number of carbonyl (C=O) groups excluding carboxylic acids is 1. The number of anilines is 1. The van der Waals surface area contributed by atoms with Crippen LogP contribution in [-0.4, -0.2) is 59.1 Å². The smallest absolute Gasteiger partial charge is 0.243 e. The van der Waals surface area contributed by atoms with Gasteiger partial charge in [-0.3, -0.25) is 9.10 Å². The number of ether oxygens (including phenoxy) is 4. The summed E-state index contributed by atoms with van der Waals surface area (Å²) in [5.41, 5.74) is 0.320. The average molecular weight is 448 g/mol. The lowest BCUT2D eigenvalue weighted by Crippen LogP contribution is -2.50. The second kappa shape index (κ2) is 8.54. The lowest BCUT2D eigenvalue weighted by atomic mass is 10.2. The van der Waals surface area contributed by atoms with Gasteiger partial charge < -0.3 is 24.3 Å². The van der Waals surface area contributed by atoms with E-state index in [0.29, 0.717) is 41.9 Å². The van der Waals surface area contributed by atoms with Crippen LogP contribution in [0.1, 0.15) is 6.92 Å². The predicted octanol–water partition coefficient (Wildman–Crippen LogP) is 1.57. The van der Waals surface area contributed by atoms with Crippen LogP contribution in [0.3, 0.4) is 0 Å². The van der Waals surface area contributed by atoms with Crippen molar-refractivity contribution in [3.05, 3.63) is 42.5 Å². The quantitative estimate of drug-likeness (QED) is 0.715. The Morgan fingerprint density at radius 3 is 2.48 bits per heavy atom. The van der Waals surface area contributed by atoms with Crippen LogP contribution in [0.2, 0.25) is 0 Å². The Bertz CT molecular complexity index is 1070. The number of fused-ring (bicyclic) bond motifs is 2. The molecule has 4 rings (SSSR count). The van der Waals surface area contributed by atoms with Crippen LogP contribution in [0.25, 0.3) is 0 Å². The van der Waals surface area contributed by atoms with E-state index < -0.39 is 22.0 Å². The van der Waals surface area contributed by atoms with Crippen LogP contribution in [0.15, 0.2) is 42.5 Å². The Morgan fingerprint density at radius 1 is 1.06 bits per heavy atom. The molecule has 0 aliphatic carbocycles. The molecule has 0 fully saturated rings. The number of nitrogens with one attached hydrogen (secondary N) is 1. The van der Waals surface area contributed by atoms with E-state index in [1.165, 1.54) is 6.92 Å². The van der Waals surface area contributed by atoms with Crippen molar-refractivity contribution in [2.45, 2.75) is 19.1 Å². The van der Waals surface area contributed by atoms with Gasteiger partial charge in [0.05, 0.1) is 18.5 Å². The van der Waals surface area contributed by atoms with Crippen molar-refractivity contribution in [3.63, 3.8) is 0 Å². The molecule has 0 saturated carbocycles. The van der Waals surface area contributed by atoms with Gasteiger partial charge in [-0.2, -0.15) is 0 Å². The van der Waals surface area contributed by atoms with Gasteiger partial charge in [0.15, 0.2) is 23.0 Å². The Hall–Kier alpha value is -3.14. The molecule has 1 amide bonds. The largest absolute Gasteiger partial charge is 0.486 e. The fraction of sp³-hybridized carbons (Fsp3) is 0.381. The zero-order valence-electron chi connectivity index (χ0n) is 17.2. The molecule has 2 aliphatic rings. The molecule has 2 heterocycles. The number of para-hydroxylation sites is 2. The highest BCUT2D eigenvalue weighted by atomic mass is 32.2. The third kappa shape index (κ3) is 4.63.